The summed E-state index contributed by atoms with van der Waals surface area (Å²) in [6.07, 6.45) is 4.33. The lowest BCUT2D eigenvalue weighted by atomic mass is 9.97. The van der Waals surface area contributed by atoms with Gasteiger partial charge in [-0.05, 0) is 31.9 Å². The van der Waals surface area contributed by atoms with Gasteiger partial charge in [0, 0.05) is 12.2 Å². The van der Waals surface area contributed by atoms with Crippen LogP contribution in [0.15, 0.2) is 12.1 Å². The van der Waals surface area contributed by atoms with E-state index in [1.807, 2.05) is 6.92 Å². The molecule has 0 aromatic carbocycles. The van der Waals surface area contributed by atoms with Crippen molar-refractivity contribution in [1.29, 1.82) is 0 Å². The molecule has 98 valence electrons. The summed E-state index contributed by atoms with van der Waals surface area (Å²) in [5, 5.41) is 3.36. The molecule has 1 fully saturated rings. The van der Waals surface area contributed by atoms with Crippen LogP contribution < -0.4 is 16.8 Å². The zero-order valence-corrected chi connectivity index (χ0v) is 10.7. The molecule has 0 bridgehead atoms. The highest BCUT2D eigenvalue weighted by atomic mass is 16.1. The van der Waals surface area contributed by atoms with Crippen LogP contribution in [-0.2, 0) is 0 Å². The second-order valence-electron chi connectivity index (χ2n) is 5.03. The summed E-state index contributed by atoms with van der Waals surface area (Å²) in [5.74, 6) is 0.102. The minimum Gasteiger partial charge on any atom is -0.365 e. The molecule has 0 radical (unpaired) electrons. The molecule has 5 nitrogen and oxygen atoms in total. The zero-order valence-electron chi connectivity index (χ0n) is 10.7. The van der Waals surface area contributed by atoms with Gasteiger partial charge >= 0.3 is 0 Å². The maximum absolute atomic E-state index is 11.4. The summed E-state index contributed by atoms with van der Waals surface area (Å²) in [7, 11) is 0. The Balaban J connectivity index is 2.32. The van der Waals surface area contributed by atoms with Crippen LogP contribution in [0.5, 0.6) is 0 Å². The van der Waals surface area contributed by atoms with E-state index in [-0.39, 0.29) is 5.54 Å². The van der Waals surface area contributed by atoms with Crippen molar-refractivity contribution in [2.75, 3.05) is 11.9 Å². The zero-order chi connectivity index (χ0) is 13.2. The summed E-state index contributed by atoms with van der Waals surface area (Å²) in [4.78, 5) is 15.8. The topological polar surface area (TPSA) is 94.0 Å². The van der Waals surface area contributed by atoms with Gasteiger partial charge in [0.25, 0.3) is 5.91 Å². The Morgan fingerprint density at radius 3 is 2.67 bits per heavy atom. The smallest absolute Gasteiger partial charge is 0.252 e. The van der Waals surface area contributed by atoms with Gasteiger partial charge < -0.3 is 16.8 Å². The first-order chi connectivity index (χ1) is 8.56. The molecule has 0 atom stereocenters. The fourth-order valence-corrected chi connectivity index (χ4v) is 2.53. The third kappa shape index (κ3) is 2.46. The minimum absolute atomic E-state index is 0.134. The van der Waals surface area contributed by atoms with Gasteiger partial charge in [0.2, 0.25) is 0 Å². The van der Waals surface area contributed by atoms with Crippen LogP contribution in [0.1, 0.15) is 41.7 Å². The number of nitrogens with zero attached hydrogens (tertiary/aromatic N) is 1. The molecule has 5 N–H and O–H groups in total. The molecule has 5 heteroatoms. The molecule has 18 heavy (non-hydrogen) atoms. The lowest BCUT2D eigenvalue weighted by Crippen LogP contribution is -2.43. The van der Waals surface area contributed by atoms with Crippen LogP contribution in [0.4, 0.5) is 5.82 Å². The van der Waals surface area contributed by atoms with Crippen LogP contribution in [-0.4, -0.2) is 23.0 Å². The van der Waals surface area contributed by atoms with E-state index in [4.69, 9.17) is 11.5 Å². The Bertz CT molecular complexity index is 452. The van der Waals surface area contributed by atoms with E-state index in [9.17, 15) is 4.79 Å². The second kappa shape index (κ2) is 4.94. The largest absolute Gasteiger partial charge is 0.365 e. The van der Waals surface area contributed by atoms with Crippen LogP contribution in [0, 0.1) is 6.92 Å². The number of aryl methyl sites for hydroxylation is 1. The number of hydrogen-bond donors (Lipinski definition) is 3. The van der Waals surface area contributed by atoms with Crippen molar-refractivity contribution >= 4 is 11.7 Å². The molecule has 1 amide bonds. The van der Waals surface area contributed by atoms with Crippen molar-refractivity contribution in [3.8, 4) is 0 Å². The normalized spacial score (nSPS) is 17.7. The van der Waals surface area contributed by atoms with Crippen molar-refractivity contribution in [3.63, 3.8) is 0 Å². The Kier molecular flexibility index (Phi) is 3.52. The number of pyridine rings is 1. The molecule has 0 unspecified atom stereocenters. The van der Waals surface area contributed by atoms with Crippen molar-refractivity contribution in [3.05, 3.63) is 23.4 Å². The number of hydrogen-bond acceptors (Lipinski definition) is 4. The third-order valence-electron chi connectivity index (χ3n) is 3.63. The standard InChI is InChI=1S/C13H20N4O/c1-9-4-5-10(11(15)18)12(16-9)17-13(8-14)6-2-3-7-13/h4-5H,2-3,6-8,14H2,1H3,(H2,15,18)(H,16,17). The number of anilines is 1. The van der Waals surface area contributed by atoms with Gasteiger partial charge in [-0.1, -0.05) is 12.8 Å². The SMILES string of the molecule is Cc1ccc(C(N)=O)c(NC2(CN)CCCC2)n1. The molecule has 1 heterocycles. The number of nitrogens with two attached hydrogens (primary N) is 2. The Hall–Kier alpha value is -1.62. The van der Waals surface area contributed by atoms with Crippen molar-refractivity contribution in [2.24, 2.45) is 11.5 Å². The number of rotatable bonds is 4. The predicted molar refractivity (Wildman–Crippen MR) is 71.4 cm³/mol. The molecule has 1 aromatic rings. The first-order valence-electron chi connectivity index (χ1n) is 6.32. The average molecular weight is 248 g/mol. The van der Waals surface area contributed by atoms with Crippen LogP contribution >= 0.6 is 0 Å². The maximum Gasteiger partial charge on any atom is 0.252 e. The van der Waals surface area contributed by atoms with Crippen LogP contribution in [0.25, 0.3) is 0 Å². The molecular weight excluding hydrogens is 228 g/mol. The fraction of sp³-hybridized carbons (Fsp3) is 0.538. The first kappa shape index (κ1) is 12.8. The first-order valence-corrected chi connectivity index (χ1v) is 6.32. The second-order valence-corrected chi connectivity index (χ2v) is 5.03. The van der Waals surface area contributed by atoms with Crippen molar-refractivity contribution in [1.82, 2.24) is 4.98 Å². The molecule has 0 spiro atoms. The average Bonchev–Trinajstić information content (AvgIpc) is 2.78. The summed E-state index contributed by atoms with van der Waals surface area (Å²) < 4.78 is 0. The Morgan fingerprint density at radius 2 is 2.11 bits per heavy atom. The van der Waals surface area contributed by atoms with Gasteiger partial charge in [0.05, 0.1) is 11.1 Å². The molecule has 1 saturated carbocycles. The van der Waals surface area contributed by atoms with E-state index in [0.29, 0.717) is 17.9 Å². The molecule has 0 aliphatic heterocycles. The van der Waals surface area contributed by atoms with E-state index in [2.05, 4.69) is 10.3 Å². The highest BCUT2D eigenvalue weighted by Crippen LogP contribution is 2.32. The minimum atomic E-state index is -0.463. The van der Waals surface area contributed by atoms with E-state index in [0.717, 1.165) is 31.4 Å². The number of carbonyl (C=O) groups is 1. The number of nitrogens with one attached hydrogen (secondary N) is 1. The maximum atomic E-state index is 11.4. The number of primary amides is 1. The summed E-state index contributed by atoms with van der Waals surface area (Å²) in [6.45, 7) is 2.43. The summed E-state index contributed by atoms with van der Waals surface area (Å²) in [5.41, 5.74) is 12.4. The lowest BCUT2D eigenvalue weighted by molar-refractivity contribution is 0.100. The highest BCUT2D eigenvalue weighted by Gasteiger charge is 2.33. The predicted octanol–water partition coefficient (Wildman–Crippen LogP) is 1.17. The van der Waals surface area contributed by atoms with E-state index in [1.165, 1.54) is 0 Å². The van der Waals surface area contributed by atoms with Gasteiger partial charge in [-0.3, -0.25) is 4.79 Å². The lowest BCUT2D eigenvalue weighted by Gasteiger charge is -2.30. The van der Waals surface area contributed by atoms with Crippen molar-refractivity contribution in [2.45, 2.75) is 38.1 Å². The molecule has 1 aliphatic rings. The monoisotopic (exact) mass is 248 g/mol. The molecule has 2 rings (SSSR count). The van der Waals surface area contributed by atoms with E-state index in [1.54, 1.807) is 12.1 Å². The third-order valence-corrected chi connectivity index (χ3v) is 3.63. The fourth-order valence-electron chi connectivity index (χ4n) is 2.53. The number of carbonyl (C=O) groups excluding carboxylic acids is 1. The van der Waals surface area contributed by atoms with Crippen LogP contribution in [0.2, 0.25) is 0 Å². The van der Waals surface area contributed by atoms with Gasteiger partial charge in [-0.25, -0.2) is 4.98 Å². The summed E-state index contributed by atoms with van der Waals surface area (Å²) in [6, 6.07) is 3.50. The van der Waals surface area contributed by atoms with Gasteiger partial charge in [0.1, 0.15) is 5.82 Å². The van der Waals surface area contributed by atoms with Gasteiger partial charge in [-0.2, -0.15) is 0 Å². The van der Waals surface area contributed by atoms with Gasteiger partial charge in [-0.15, -0.1) is 0 Å². The molecule has 0 saturated heterocycles. The Labute approximate surface area is 107 Å². The molecule has 1 aromatic heterocycles. The van der Waals surface area contributed by atoms with Crippen LogP contribution in [0.3, 0.4) is 0 Å². The number of aromatic nitrogens is 1. The Morgan fingerprint density at radius 1 is 1.44 bits per heavy atom. The molecular formula is C13H20N4O. The summed E-state index contributed by atoms with van der Waals surface area (Å²) >= 11 is 0. The van der Waals surface area contributed by atoms with Crippen molar-refractivity contribution < 1.29 is 4.79 Å². The van der Waals surface area contributed by atoms with Gasteiger partial charge in [0.15, 0.2) is 0 Å². The molecule has 1 aliphatic carbocycles. The number of amides is 1. The highest BCUT2D eigenvalue weighted by molar-refractivity contribution is 5.97. The van der Waals surface area contributed by atoms with E-state index < -0.39 is 5.91 Å². The van der Waals surface area contributed by atoms with E-state index >= 15 is 0 Å². The quantitative estimate of drug-likeness (QED) is 0.745.